The Morgan fingerprint density at radius 3 is 2.52 bits per heavy atom. The van der Waals surface area contributed by atoms with Crippen molar-refractivity contribution in [2.75, 3.05) is 6.61 Å². The Bertz CT molecular complexity index is 800. The van der Waals surface area contributed by atoms with E-state index in [1.807, 2.05) is 13.8 Å². The standard InChI is InChI=1S/C19H31N3O6Si/c1-18(2,3)29(6,7)25-9-12-14-15(28-19(4,5)27-14)17(26-12)22-10-21-13(16(20)24)11(22)8-23/h8,10,12,14-15,17H,9H2,1-7H3,(H2,20,24)/t12-,14-,15-,17-/m1/s1. The summed E-state index contributed by atoms with van der Waals surface area (Å²) in [6, 6.07) is 0. The zero-order chi connectivity index (χ0) is 21.8. The van der Waals surface area contributed by atoms with Gasteiger partial charge >= 0.3 is 0 Å². The second-order valence-electron chi connectivity index (χ2n) is 9.57. The van der Waals surface area contributed by atoms with E-state index in [4.69, 9.17) is 24.4 Å². The van der Waals surface area contributed by atoms with E-state index in [1.165, 1.54) is 10.9 Å². The molecule has 3 rings (SSSR count). The minimum atomic E-state index is -1.99. The highest BCUT2D eigenvalue weighted by Gasteiger charge is 2.56. The summed E-state index contributed by atoms with van der Waals surface area (Å²) in [6.07, 6.45) is -0.0100. The van der Waals surface area contributed by atoms with Crippen molar-refractivity contribution in [2.24, 2.45) is 5.73 Å². The molecule has 2 saturated heterocycles. The molecule has 162 valence electrons. The third-order valence-electron chi connectivity index (χ3n) is 5.99. The fourth-order valence-corrected chi connectivity index (χ4v) is 4.42. The van der Waals surface area contributed by atoms with E-state index >= 15 is 0 Å². The lowest BCUT2D eigenvalue weighted by molar-refractivity contribution is -0.199. The van der Waals surface area contributed by atoms with Crippen LogP contribution in [-0.2, 0) is 18.6 Å². The van der Waals surface area contributed by atoms with Gasteiger partial charge in [0.05, 0.1) is 12.9 Å². The number of fused-ring (bicyclic) bond motifs is 1. The van der Waals surface area contributed by atoms with Crippen molar-refractivity contribution in [3.05, 3.63) is 17.7 Å². The van der Waals surface area contributed by atoms with Gasteiger partial charge < -0.3 is 24.4 Å². The number of hydrogen-bond donors (Lipinski definition) is 1. The predicted octanol–water partition coefficient (Wildman–Crippen LogP) is 2.23. The predicted molar refractivity (Wildman–Crippen MR) is 107 cm³/mol. The molecule has 1 aromatic heterocycles. The fraction of sp³-hybridized carbons (Fsp3) is 0.737. The lowest BCUT2D eigenvalue weighted by Gasteiger charge is -2.37. The average Bonchev–Trinajstić information content (AvgIpc) is 3.22. The van der Waals surface area contributed by atoms with Crippen LogP contribution in [0, 0.1) is 0 Å². The summed E-state index contributed by atoms with van der Waals surface area (Å²) in [6.45, 7) is 14.9. The highest BCUT2D eigenvalue weighted by Crippen LogP contribution is 2.44. The van der Waals surface area contributed by atoms with Gasteiger partial charge in [0.25, 0.3) is 5.91 Å². The molecule has 0 aromatic carbocycles. The van der Waals surface area contributed by atoms with Crippen LogP contribution >= 0.6 is 0 Å². The van der Waals surface area contributed by atoms with Crippen molar-refractivity contribution in [2.45, 2.75) is 83.1 Å². The SMILES string of the molecule is CC1(C)O[C@@H]2[C@H](O1)[C@@H](CO[Si](C)(C)C(C)(C)C)O[C@H]2n1cnc(C(N)=O)c1C=O. The van der Waals surface area contributed by atoms with Crippen LogP contribution in [0.5, 0.6) is 0 Å². The van der Waals surface area contributed by atoms with Gasteiger partial charge in [0, 0.05) is 0 Å². The van der Waals surface area contributed by atoms with Gasteiger partial charge in [-0.15, -0.1) is 0 Å². The van der Waals surface area contributed by atoms with Gasteiger partial charge in [-0.3, -0.25) is 14.2 Å². The number of rotatable bonds is 6. The molecule has 0 aliphatic carbocycles. The van der Waals surface area contributed by atoms with Crippen LogP contribution in [0.1, 0.15) is 61.8 Å². The first-order valence-electron chi connectivity index (χ1n) is 9.74. The number of nitrogens with two attached hydrogens (primary N) is 1. The monoisotopic (exact) mass is 425 g/mol. The molecule has 1 amide bonds. The van der Waals surface area contributed by atoms with E-state index in [0.717, 1.165) is 0 Å². The molecule has 0 bridgehead atoms. The Kier molecular flexibility index (Phi) is 5.54. The molecule has 9 nitrogen and oxygen atoms in total. The Hall–Kier alpha value is -1.59. The van der Waals surface area contributed by atoms with Crippen LogP contribution < -0.4 is 5.73 Å². The Morgan fingerprint density at radius 1 is 1.34 bits per heavy atom. The number of amides is 1. The van der Waals surface area contributed by atoms with Crippen molar-refractivity contribution in [3.8, 4) is 0 Å². The van der Waals surface area contributed by atoms with Crippen LogP contribution in [0.15, 0.2) is 6.33 Å². The summed E-state index contributed by atoms with van der Waals surface area (Å²) in [7, 11) is -1.99. The molecular weight excluding hydrogens is 394 g/mol. The smallest absolute Gasteiger partial charge is 0.269 e. The molecule has 1 aromatic rings. The zero-order valence-corrected chi connectivity index (χ0v) is 19.1. The van der Waals surface area contributed by atoms with E-state index in [0.29, 0.717) is 12.9 Å². The minimum Gasteiger partial charge on any atom is -0.414 e. The summed E-state index contributed by atoms with van der Waals surface area (Å²) in [5.74, 6) is -1.58. The van der Waals surface area contributed by atoms with Crippen LogP contribution in [0.4, 0.5) is 0 Å². The maximum absolute atomic E-state index is 11.6. The molecule has 0 spiro atoms. The number of aromatic nitrogens is 2. The zero-order valence-electron chi connectivity index (χ0n) is 18.1. The molecule has 0 saturated carbocycles. The molecule has 29 heavy (non-hydrogen) atoms. The Balaban J connectivity index is 1.87. The van der Waals surface area contributed by atoms with Crippen molar-refractivity contribution in [1.82, 2.24) is 9.55 Å². The Labute approximate surface area is 172 Å². The molecule has 2 aliphatic heterocycles. The molecular formula is C19H31N3O6Si. The van der Waals surface area contributed by atoms with Gasteiger partial charge in [0.1, 0.15) is 24.0 Å². The quantitative estimate of drug-likeness (QED) is 0.549. The van der Waals surface area contributed by atoms with Crippen molar-refractivity contribution in [1.29, 1.82) is 0 Å². The normalized spacial score (nSPS) is 29.1. The number of hydrogen-bond acceptors (Lipinski definition) is 7. The second-order valence-corrected chi connectivity index (χ2v) is 14.4. The van der Waals surface area contributed by atoms with Crippen molar-refractivity contribution < 1.29 is 28.2 Å². The molecule has 0 unspecified atom stereocenters. The molecule has 2 fully saturated rings. The van der Waals surface area contributed by atoms with Crippen LogP contribution in [0.25, 0.3) is 0 Å². The molecule has 2 aliphatic rings. The second kappa shape index (κ2) is 7.27. The van der Waals surface area contributed by atoms with E-state index in [9.17, 15) is 9.59 Å². The number of carbonyl (C=O) groups excluding carboxylic acids is 2. The first-order valence-corrected chi connectivity index (χ1v) is 12.6. The number of aldehydes is 1. The number of nitrogens with zero attached hydrogens (tertiary/aromatic N) is 2. The summed E-state index contributed by atoms with van der Waals surface area (Å²) in [5, 5.41) is 0.0577. The Morgan fingerprint density at radius 2 is 1.97 bits per heavy atom. The number of ether oxygens (including phenoxy) is 3. The number of imidazole rings is 1. The summed E-state index contributed by atoms with van der Waals surface area (Å²) >= 11 is 0. The lowest BCUT2D eigenvalue weighted by Crippen LogP contribution is -2.44. The summed E-state index contributed by atoms with van der Waals surface area (Å²) < 4.78 is 26.2. The topological polar surface area (TPSA) is 115 Å². The molecule has 0 radical (unpaired) electrons. The van der Waals surface area contributed by atoms with Gasteiger partial charge in [0.2, 0.25) is 0 Å². The van der Waals surface area contributed by atoms with Gasteiger partial charge in [0.15, 0.2) is 32.3 Å². The highest BCUT2D eigenvalue weighted by atomic mass is 28.4. The van der Waals surface area contributed by atoms with Crippen LogP contribution in [0.2, 0.25) is 18.1 Å². The van der Waals surface area contributed by atoms with E-state index in [2.05, 4.69) is 38.8 Å². The third-order valence-corrected chi connectivity index (χ3v) is 10.5. The average molecular weight is 426 g/mol. The largest absolute Gasteiger partial charge is 0.414 e. The molecule has 2 N–H and O–H groups in total. The summed E-state index contributed by atoms with van der Waals surface area (Å²) in [5.41, 5.74) is 5.29. The van der Waals surface area contributed by atoms with Crippen LogP contribution in [0.3, 0.4) is 0 Å². The number of carbonyl (C=O) groups is 2. The third kappa shape index (κ3) is 4.04. The van der Waals surface area contributed by atoms with E-state index < -0.39 is 32.3 Å². The number of primary amides is 1. The lowest BCUT2D eigenvalue weighted by atomic mass is 10.1. The van der Waals surface area contributed by atoms with Crippen LogP contribution in [-0.4, -0.2) is 60.8 Å². The van der Waals surface area contributed by atoms with Crippen molar-refractivity contribution >= 4 is 20.5 Å². The van der Waals surface area contributed by atoms with Crippen molar-refractivity contribution in [3.63, 3.8) is 0 Å². The maximum Gasteiger partial charge on any atom is 0.269 e. The first-order chi connectivity index (χ1) is 13.3. The van der Waals surface area contributed by atoms with Gasteiger partial charge in [-0.25, -0.2) is 4.98 Å². The molecule has 10 heteroatoms. The molecule has 3 heterocycles. The van der Waals surface area contributed by atoms with Gasteiger partial charge in [-0.05, 0) is 32.0 Å². The maximum atomic E-state index is 11.6. The van der Waals surface area contributed by atoms with Gasteiger partial charge in [-0.2, -0.15) is 0 Å². The highest BCUT2D eigenvalue weighted by molar-refractivity contribution is 6.74. The van der Waals surface area contributed by atoms with E-state index in [-0.39, 0.29) is 28.6 Å². The minimum absolute atomic E-state index is 0.0560. The first kappa shape index (κ1) is 22.1. The van der Waals surface area contributed by atoms with Gasteiger partial charge in [-0.1, -0.05) is 20.8 Å². The molecule has 4 atom stereocenters. The van der Waals surface area contributed by atoms with E-state index in [1.54, 1.807) is 0 Å². The summed E-state index contributed by atoms with van der Waals surface area (Å²) in [4.78, 5) is 27.2. The fourth-order valence-electron chi connectivity index (χ4n) is 3.40.